The normalized spacial score (nSPS) is 12.4. The molecule has 1 aliphatic rings. The Morgan fingerprint density at radius 3 is 2.69 bits per heavy atom. The number of anilines is 2. The molecular formula is C23H21N3O3. The van der Waals surface area contributed by atoms with Gasteiger partial charge in [-0.3, -0.25) is 14.6 Å². The fourth-order valence-corrected chi connectivity index (χ4v) is 3.39. The van der Waals surface area contributed by atoms with E-state index in [2.05, 4.69) is 10.3 Å². The molecule has 0 unspecified atom stereocenters. The smallest absolute Gasteiger partial charge is 0.274 e. The van der Waals surface area contributed by atoms with Gasteiger partial charge in [0.05, 0.1) is 6.61 Å². The topological polar surface area (TPSA) is 71.5 Å². The molecular weight excluding hydrogens is 366 g/mol. The minimum atomic E-state index is -0.370. The van der Waals surface area contributed by atoms with Crippen LogP contribution < -0.4 is 15.0 Å². The van der Waals surface area contributed by atoms with Crippen LogP contribution in [0, 0.1) is 0 Å². The Morgan fingerprint density at radius 2 is 1.90 bits per heavy atom. The van der Waals surface area contributed by atoms with Gasteiger partial charge in [-0.1, -0.05) is 18.2 Å². The number of ether oxygens (including phenoxy) is 1. The molecule has 0 saturated heterocycles. The lowest BCUT2D eigenvalue weighted by atomic mass is 10.1. The molecule has 0 aliphatic carbocycles. The molecule has 146 valence electrons. The molecule has 0 atom stereocenters. The van der Waals surface area contributed by atoms with Gasteiger partial charge in [0.1, 0.15) is 11.4 Å². The van der Waals surface area contributed by atoms with Crippen molar-refractivity contribution in [3.8, 4) is 5.75 Å². The Kier molecular flexibility index (Phi) is 5.24. The monoisotopic (exact) mass is 387 g/mol. The van der Waals surface area contributed by atoms with Gasteiger partial charge in [0.25, 0.3) is 11.8 Å². The van der Waals surface area contributed by atoms with Gasteiger partial charge < -0.3 is 15.0 Å². The molecule has 2 amide bonds. The second-order valence-electron chi connectivity index (χ2n) is 6.68. The van der Waals surface area contributed by atoms with Gasteiger partial charge in [-0.15, -0.1) is 0 Å². The summed E-state index contributed by atoms with van der Waals surface area (Å²) in [5, 5.41) is 2.80. The number of amides is 2. The van der Waals surface area contributed by atoms with E-state index in [9.17, 15) is 9.59 Å². The van der Waals surface area contributed by atoms with E-state index in [0.29, 0.717) is 24.4 Å². The van der Waals surface area contributed by atoms with Gasteiger partial charge in [-0.05, 0) is 61.4 Å². The lowest BCUT2D eigenvalue weighted by Gasteiger charge is -2.17. The molecule has 0 fully saturated rings. The quantitative estimate of drug-likeness (QED) is 0.720. The Balaban J connectivity index is 1.50. The fraction of sp³-hybridized carbons (Fsp3) is 0.174. The summed E-state index contributed by atoms with van der Waals surface area (Å²) < 4.78 is 5.40. The lowest BCUT2D eigenvalue weighted by Crippen LogP contribution is -2.29. The number of carbonyl (C=O) groups is 2. The van der Waals surface area contributed by atoms with Crippen LogP contribution in [0.1, 0.15) is 33.3 Å². The van der Waals surface area contributed by atoms with E-state index in [1.54, 1.807) is 35.2 Å². The van der Waals surface area contributed by atoms with Crippen LogP contribution in [0.25, 0.3) is 0 Å². The van der Waals surface area contributed by atoms with Crippen molar-refractivity contribution < 1.29 is 14.3 Å². The van der Waals surface area contributed by atoms with Crippen molar-refractivity contribution in [2.75, 3.05) is 23.4 Å². The van der Waals surface area contributed by atoms with Gasteiger partial charge in [0.15, 0.2) is 0 Å². The number of hydrogen-bond donors (Lipinski definition) is 1. The van der Waals surface area contributed by atoms with Crippen LogP contribution in [0.3, 0.4) is 0 Å². The van der Waals surface area contributed by atoms with E-state index in [0.717, 1.165) is 23.4 Å². The predicted octanol–water partition coefficient (Wildman–Crippen LogP) is 3.94. The number of nitrogens with one attached hydrogen (secondary N) is 1. The highest BCUT2D eigenvalue weighted by atomic mass is 16.5. The van der Waals surface area contributed by atoms with Crippen LogP contribution in [0.2, 0.25) is 0 Å². The number of hydrogen-bond acceptors (Lipinski definition) is 4. The zero-order chi connectivity index (χ0) is 20.2. The highest BCUT2D eigenvalue weighted by Crippen LogP contribution is 2.28. The van der Waals surface area contributed by atoms with E-state index in [1.165, 1.54) is 12.3 Å². The van der Waals surface area contributed by atoms with E-state index in [4.69, 9.17) is 4.74 Å². The third kappa shape index (κ3) is 3.96. The van der Waals surface area contributed by atoms with Crippen molar-refractivity contribution in [1.82, 2.24) is 4.98 Å². The van der Waals surface area contributed by atoms with Crippen LogP contribution in [-0.2, 0) is 6.42 Å². The molecule has 2 heterocycles. The van der Waals surface area contributed by atoms with Gasteiger partial charge in [-0.2, -0.15) is 0 Å². The summed E-state index contributed by atoms with van der Waals surface area (Å²) in [6, 6.07) is 18.2. The molecule has 6 nitrogen and oxygen atoms in total. The average molecular weight is 387 g/mol. The van der Waals surface area contributed by atoms with Crippen molar-refractivity contribution in [3.63, 3.8) is 0 Å². The van der Waals surface area contributed by atoms with Crippen LogP contribution in [-0.4, -0.2) is 29.9 Å². The molecule has 4 rings (SSSR count). The van der Waals surface area contributed by atoms with Gasteiger partial charge in [0.2, 0.25) is 0 Å². The molecule has 0 saturated carbocycles. The molecule has 0 spiro atoms. The molecule has 6 heteroatoms. The minimum absolute atomic E-state index is 0.132. The molecule has 2 aromatic carbocycles. The Labute approximate surface area is 169 Å². The summed E-state index contributed by atoms with van der Waals surface area (Å²) in [4.78, 5) is 31.5. The first-order chi connectivity index (χ1) is 14.2. The SMILES string of the molecule is CCOc1ccc(NC(=O)c2cc(C(=O)N3CCc4ccccc43)ccn2)cc1. The van der Waals surface area contributed by atoms with Crippen LogP contribution >= 0.6 is 0 Å². The van der Waals surface area contributed by atoms with Crippen molar-refractivity contribution in [2.24, 2.45) is 0 Å². The summed E-state index contributed by atoms with van der Waals surface area (Å²) in [6.07, 6.45) is 2.32. The van der Waals surface area contributed by atoms with E-state index in [-0.39, 0.29) is 17.5 Å². The molecule has 29 heavy (non-hydrogen) atoms. The number of fused-ring (bicyclic) bond motifs is 1. The summed E-state index contributed by atoms with van der Waals surface area (Å²) in [6.45, 7) is 3.13. The minimum Gasteiger partial charge on any atom is -0.494 e. The second-order valence-corrected chi connectivity index (χ2v) is 6.68. The van der Waals surface area contributed by atoms with Crippen molar-refractivity contribution >= 4 is 23.2 Å². The largest absolute Gasteiger partial charge is 0.494 e. The predicted molar refractivity (Wildman–Crippen MR) is 112 cm³/mol. The van der Waals surface area contributed by atoms with Crippen molar-refractivity contribution in [1.29, 1.82) is 0 Å². The summed E-state index contributed by atoms with van der Waals surface area (Å²) in [7, 11) is 0. The Morgan fingerprint density at radius 1 is 1.10 bits per heavy atom. The highest BCUT2D eigenvalue weighted by Gasteiger charge is 2.25. The van der Waals surface area contributed by atoms with E-state index in [1.807, 2.05) is 31.2 Å². The molecule has 0 radical (unpaired) electrons. The maximum atomic E-state index is 13.0. The number of pyridine rings is 1. The maximum Gasteiger partial charge on any atom is 0.274 e. The van der Waals surface area contributed by atoms with Gasteiger partial charge >= 0.3 is 0 Å². The number of benzene rings is 2. The first-order valence-corrected chi connectivity index (χ1v) is 9.56. The molecule has 1 aliphatic heterocycles. The van der Waals surface area contributed by atoms with Crippen LogP contribution in [0.5, 0.6) is 5.75 Å². The number of aromatic nitrogens is 1. The number of para-hydroxylation sites is 1. The number of carbonyl (C=O) groups excluding carboxylic acids is 2. The van der Waals surface area contributed by atoms with Crippen LogP contribution in [0.15, 0.2) is 66.9 Å². The maximum absolute atomic E-state index is 13.0. The Hall–Kier alpha value is -3.67. The third-order valence-electron chi connectivity index (χ3n) is 4.80. The molecule has 0 bridgehead atoms. The molecule has 3 aromatic rings. The first kappa shape index (κ1) is 18.7. The van der Waals surface area contributed by atoms with Crippen molar-refractivity contribution in [3.05, 3.63) is 83.7 Å². The highest BCUT2D eigenvalue weighted by molar-refractivity contribution is 6.09. The summed E-state index contributed by atoms with van der Waals surface area (Å²) >= 11 is 0. The Bertz CT molecular complexity index is 1050. The second kappa shape index (κ2) is 8.14. The van der Waals surface area contributed by atoms with Crippen molar-refractivity contribution in [2.45, 2.75) is 13.3 Å². The zero-order valence-corrected chi connectivity index (χ0v) is 16.1. The van der Waals surface area contributed by atoms with Gasteiger partial charge in [-0.25, -0.2) is 0 Å². The lowest BCUT2D eigenvalue weighted by molar-refractivity contribution is 0.0989. The van der Waals surface area contributed by atoms with Gasteiger partial charge in [0, 0.05) is 29.7 Å². The first-order valence-electron chi connectivity index (χ1n) is 9.56. The summed E-state index contributed by atoms with van der Waals surface area (Å²) in [5.41, 5.74) is 3.34. The molecule has 1 aromatic heterocycles. The van der Waals surface area contributed by atoms with E-state index >= 15 is 0 Å². The zero-order valence-electron chi connectivity index (χ0n) is 16.1. The number of nitrogens with zero attached hydrogens (tertiary/aromatic N) is 2. The number of rotatable bonds is 5. The average Bonchev–Trinajstić information content (AvgIpc) is 3.19. The molecule has 1 N–H and O–H groups in total. The summed E-state index contributed by atoms with van der Waals surface area (Å²) in [5.74, 6) is 0.236. The fourth-order valence-electron chi connectivity index (χ4n) is 3.39. The van der Waals surface area contributed by atoms with E-state index < -0.39 is 0 Å². The third-order valence-corrected chi connectivity index (χ3v) is 4.80. The standard InChI is InChI=1S/C23H21N3O3/c1-2-29-19-9-7-18(8-10-19)25-22(27)20-15-17(11-13-24-20)23(28)26-14-12-16-5-3-4-6-21(16)26/h3-11,13,15H,2,12,14H2,1H3,(H,25,27). The van der Waals surface area contributed by atoms with Crippen LogP contribution in [0.4, 0.5) is 11.4 Å².